The molecule has 0 aliphatic carbocycles. The van der Waals surface area contributed by atoms with Gasteiger partial charge >= 0.3 is 12.1 Å². The number of halogens is 3. The van der Waals surface area contributed by atoms with E-state index >= 15 is 0 Å². The first-order valence-electron chi connectivity index (χ1n) is 8.17. The van der Waals surface area contributed by atoms with Crippen LogP contribution in [0.3, 0.4) is 0 Å². The Bertz CT molecular complexity index is 845. The van der Waals surface area contributed by atoms with Crippen molar-refractivity contribution in [1.82, 2.24) is 14.8 Å². The van der Waals surface area contributed by atoms with Gasteiger partial charge in [0.05, 0.1) is 12.3 Å². The van der Waals surface area contributed by atoms with Crippen molar-refractivity contribution >= 4 is 28.3 Å². The van der Waals surface area contributed by atoms with Crippen molar-refractivity contribution in [2.75, 3.05) is 18.1 Å². The molecular weight excluding hydrogens is 385 g/mol. The lowest BCUT2D eigenvalue weighted by Crippen LogP contribution is -2.33. The molecular formula is C16H19F3N4O3S. The summed E-state index contributed by atoms with van der Waals surface area (Å²) in [5.41, 5.74) is -0.975. The van der Waals surface area contributed by atoms with E-state index in [2.05, 4.69) is 10.1 Å². The predicted molar refractivity (Wildman–Crippen MR) is 93.0 cm³/mol. The quantitative estimate of drug-likeness (QED) is 0.690. The second kappa shape index (κ2) is 8.07. The van der Waals surface area contributed by atoms with E-state index in [4.69, 9.17) is 4.74 Å². The molecule has 7 nitrogen and oxygen atoms in total. The van der Waals surface area contributed by atoms with Crippen LogP contribution in [0.4, 0.5) is 18.3 Å². The minimum Gasteiger partial charge on any atom is -0.462 e. The number of esters is 1. The molecule has 0 radical (unpaired) electrons. The number of aromatic nitrogens is 3. The fraction of sp³-hybridized carbons (Fsp3) is 0.500. The molecule has 0 atom stereocenters. The molecule has 11 heteroatoms. The fourth-order valence-electron chi connectivity index (χ4n) is 2.34. The minimum absolute atomic E-state index is 0.193. The van der Waals surface area contributed by atoms with Crippen molar-refractivity contribution in [2.24, 2.45) is 7.05 Å². The zero-order chi connectivity index (χ0) is 20.4. The lowest BCUT2D eigenvalue weighted by molar-refractivity contribution is -0.141. The summed E-state index contributed by atoms with van der Waals surface area (Å²) in [4.78, 5) is 30.6. The van der Waals surface area contributed by atoms with Crippen LogP contribution >= 0.6 is 11.3 Å². The number of alkyl halides is 3. The molecule has 0 saturated heterocycles. The first kappa shape index (κ1) is 20.9. The lowest BCUT2D eigenvalue weighted by Gasteiger charge is -2.18. The summed E-state index contributed by atoms with van der Waals surface area (Å²) in [6.07, 6.45) is -4.11. The van der Waals surface area contributed by atoms with Gasteiger partial charge in [-0.2, -0.15) is 18.3 Å². The summed E-state index contributed by atoms with van der Waals surface area (Å²) in [5.74, 6) is -1.23. The van der Waals surface area contributed by atoms with E-state index in [0.717, 1.165) is 16.0 Å². The highest BCUT2D eigenvalue weighted by molar-refractivity contribution is 7.17. The highest BCUT2D eigenvalue weighted by atomic mass is 32.1. The van der Waals surface area contributed by atoms with Gasteiger partial charge in [0.25, 0.3) is 5.91 Å². The fourth-order valence-corrected chi connectivity index (χ4v) is 3.32. The van der Waals surface area contributed by atoms with Crippen LogP contribution in [0.25, 0.3) is 0 Å². The molecule has 0 N–H and O–H groups in total. The Kier molecular flexibility index (Phi) is 6.24. The van der Waals surface area contributed by atoms with Crippen LogP contribution in [0.15, 0.2) is 6.07 Å². The number of anilines is 1. The minimum atomic E-state index is -4.65. The highest BCUT2D eigenvalue weighted by Gasteiger charge is 2.36. The van der Waals surface area contributed by atoms with Gasteiger partial charge < -0.3 is 4.74 Å². The SMILES string of the molecule is CCCN(C(=O)c1cc(C(F)(F)F)nn1C)c1nc(C)c(C(=O)OCC)s1. The van der Waals surface area contributed by atoms with Gasteiger partial charge in [0, 0.05) is 19.7 Å². The largest absolute Gasteiger partial charge is 0.462 e. The standard InChI is InChI=1S/C16H19F3N4O3S/c1-5-7-23(15-20-9(3)12(27-15)14(25)26-6-2)13(24)10-8-11(16(17,18)19)21-22(10)4/h8H,5-7H2,1-4H3. The Morgan fingerprint density at radius 2 is 2.00 bits per heavy atom. The maximum atomic E-state index is 12.9. The van der Waals surface area contributed by atoms with Crippen LogP contribution in [-0.2, 0) is 18.0 Å². The van der Waals surface area contributed by atoms with E-state index < -0.39 is 23.7 Å². The highest BCUT2D eigenvalue weighted by Crippen LogP contribution is 2.31. The Balaban J connectivity index is 2.41. The van der Waals surface area contributed by atoms with Gasteiger partial charge in [0.1, 0.15) is 10.6 Å². The second-order valence-electron chi connectivity index (χ2n) is 5.62. The lowest BCUT2D eigenvalue weighted by atomic mass is 10.3. The van der Waals surface area contributed by atoms with Gasteiger partial charge in [-0.1, -0.05) is 18.3 Å². The molecule has 0 aliphatic heterocycles. The van der Waals surface area contributed by atoms with Gasteiger partial charge in [-0.05, 0) is 20.3 Å². The van der Waals surface area contributed by atoms with Crippen LogP contribution < -0.4 is 4.90 Å². The van der Waals surface area contributed by atoms with Crippen LogP contribution in [-0.4, -0.2) is 39.8 Å². The van der Waals surface area contributed by atoms with E-state index in [9.17, 15) is 22.8 Å². The number of nitrogens with zero attached hydrogens (tertiary/aromatic N) is 4. The van der Waals surface area contributed by atoms with Gasteiger partial charge in [0.2, 0.25) is 0 Å². The number of carbonyl (C=O) groups is 2. The molecule has 27 heavy (non-hydrogen) atoms. The molecule has 0 spiro atoms. The van der Waals surface area contributed by atoms with Crippen molar-refractivity contribution in [2.45, 2.75) is 33.4 Å². The summed E-state index contributed by atoms with van der Waals surface area (Å²) in [6.45, 7) is 5.51. The van der Waals surface area contributed by atoms with Crippen LogP contribution in [0, 0.1) is 6.92 Å². The Morgan fingerprint density at radius 3 is 2.52 bits per heavy atom. The first-order valence-corrected chi connectivity index (χ1v) is 8.99. The normalized spacial score (nSPS) is 11.5. The molecule has 1 amide bonds. The maximum absolute atomic E-state index is 12.9. The van der Waals surface area contributed by atoms with Gasteiger partial charge in [-0.15, -0.1) is 0 Å². The number of amides is 1. The molecule has 2 aromatic heterocycles. The van der Waals surface area contributed by atoms with E-state index in [1.165, 1.54) is 11.9 Å². The topological polar surface area (TPSA) is 77.3 Å². The van der Waals surface area contributed by atoms with E-state index in [1.807, 2.05) is 6.92 Å². The van der Waals surface area contributed by atoms with Crippen molar-refractivity contribution < 1.29 is 27.5 Å². The number of hydrogen-bond acceptors (Lipinski definition) is 6. The van der Waals surface area contributed by atoms with E-state index in [1.54, 1.807) is 13.8 Å². The molecule has 0 bridgehead atoms. The van der Waals surface area contributed by atoms with Crippen LogP contribution in [0.1, 0.15) is 51.8 Å². The number of carbonyl (C=O) groups excluding carboxylic acids is 2. The monoisotopic (exact) mass is 404 g/mol. The molecule has 0 aromatic carbocycles. The molecule has 2 rings (SSSR count). The van der Waals surface area contributed by atoms with Crippen molar-refractivity contribution in [3.05, 3.63) is 28.0 Å². The van der Waals surface area contributed by atoms with Crippen LogP contribution in [0.2, 0.25) is 0 Å². The summed E-state index contributed by atoms with van der Waals surface area (Å²) in [5, 5.41) is 3.59. The Labute approximate surface area is 157 Å². The Morgan fingerprint density at radius 1 is 1.33 bits per heavy atom. The van der Waals surface area contributed by atoms with Gasteiger partial charge in [0.15, 0.2) is 10.8 Å². The summed E-state index contributed by atoms with van der Waals surface area (Å²) < 4.78 is 44.5. The third kappa shape index (κ3) is 4.46. The zero-order valence-electron chi connectivity index (χ0n) is 15.3. The molecule has 0 aliphatic rings. The van der Waals surface area contributed by atoms with Crippen molar-refractivity contribution in [3.8, 4) is 0 Å². The third-order valence-corrected chi connectivity index (χ3v) is 4.72. The number of hydrogen-bond donors (Lipinski definition) is 0. The molecule has 2 heterocycles. The van der Waals surface area contributed by atoms with Crippen molar-refractivity contribution in [1.29, 1.82) is 0 Å². The van der Waals surface area contributed by atoms with Gasteiger partial charge in [-0.3, -0.25) is 14.4 Å². The van der Waals surface area contributed by atoms with E-state index in [0.29, 0.717) is 18.2 Å². The molecule has 0 fully saturated rings. The average molecular weight is 404 g/mol. The van der Waals surface area contributed by atoms with Gasteiger partial charge in [-0.25, -0.2) is 9.78 Å². The Hall–Kier alpha value is -2.43. The number of rotatable bonds is 6. The van der Waals surface area contributed by atoms with Crippen molar-refractivity contribution in [3.63, 3.8) is 0 Å². The maximum Gasteiger partial charge on any atom is 0.435 e. The summed E-state index contributed by atoms with van der Waals surface area (Å²) >= 11 is 0.964. The molecule has 148 valence electrons. The molecule has 2 aromatic rings. The van der Waals surface area contributed by atoms with Crippen LogP contribution in [0.5, 0.6) is 0 Å². The summed E-state index contributed by atoms with van der Waals surface area (Å²) in [6, 6.07) is 0.706. The number of thiazole rings is 1. The smallest absolute Gasteiger partial charge is 0.435 e. The second-order valence-corrected chi connectivity index (χ2v) is 6.60. The predicted octanol–water partition coefficient (Wildman–Crippen LogP) is 3.44. The first-order chi connectivity index (χ1) is 12.6. The average Bonchev–Trinajstić information content (AvgIpc) is 3.15. The molecule has 0 saturated carbocycles. The number of ether oxygens (including phenoxy) is 1. The number of aryl methyl sites for hydroxylation is 2. The van der Waals surface area contributed by atoms with E-state index in [-0.39, 0.29) is 28.9 Å². The molecule has 0 unspecified atom stereocenters. The summed E-state index contributed by atoms with van der Waals surface area (Å²) in [7, 11) is 1.27. The third-order valence-electron chi connectivity index (χ3n) is 3.56. The zero-order valence-corrected chi connectivity index (χ0v) is 16.1.